The van der Waals surface area contributed by atoms with Crippen molar-refractivity contribution in [1.29, 1.82) is 0 Å². The van der Waals surface area contributed by atoms with Gasteiger partial charge in [0.15, 0.2) is 0 Å². The molecule has 0 spiro atoms. The van der Waals surface area contributed by atoms with Crippen molar-refractivity contribution in [2.45, 2.75) is 0 Å². The molecule has 13 rings (SSSR count). The number of rotatable bonds is 7. The van der Waals surface area contributed by atoms with Gasteiger partial charge in [-0.25, -0.2) is 0 Å². The van der Waals surface area contributed by atoms with E-state index in [2.05, 4.69) is 241 Å². The fraction of sp³-hybridized carbons (Fsp3) is 0. The van der Waals surface area contributed by atoms with Crippen molar-refractivity contribution in [2.24, 2.45) is 0 Å². The van der Waals surface area contributed by atoms with Crippen molar-refractivity contribution in [3.63, 3.8) is 0 Å². The third-order valence-electron chi connectivity index (χ3n) is 13.5. The van der Waals surface area contributed by atoms with Crippen LogP contribution in [0, 0.1) is 0 Å². The van der Waals surface area contributed by atoms with E-state index >= 15 is 0 Å². The average molecular weight is 840 g/mol. The van der Waals surface area contributed by atoms with Crippen molar-refractivity contribution >= 4 is 82.1 Å². The summed E-state index contributed by atoms with van der Waals surface area (Å²) in [5, 5.41) is 12.4. The van der Waals surface area contributed by atoms with Crippen LogP contribution < -0.4 is 4.90 Å². The lowest BCUT2D eigenvalue weighted by Gasteiger charge is -2.26. The van der Waals surface area contributed by atoms with E-state index in [1.54, 1.807) is 0 Å². The number of para-hydroxylation sites is 1. The molecule has 308 valence electrons. The summed E-state index contributed by atoms with van der Waals surface area (Å²) < 4.78 is 6.27. The third-order valence-corrected chi connectivity index (χ3v) is 13.5. The van der Waals surface area contributed by atoms with Crippen molar-refractivity contribution in [2.75, 3.05) is 4.90 Å². The minimum Gasteiger partial charge on any atom is -0.456 e. The summed E-state index contributed by atoms with van der Waals surface area (Å²) in [4.78, 5) is 2.37. The van der Waals surface area contributed by atoms with E-state index in [4.69, 9.17) is 4.42 Å². The van der Waals surface area contributed by atoms with Crippen molar-refractivity contribution < 1.29 is 4.42 Å². The van der Waals surface area contributed by atoms with Crippen LogP contribution in [0.5, 0.6) is 0 Å². The Bertz CT molecular complexity index is 3970. The largest absolute Gasteiger partial charge is 0.456 e. The van der Waals surface area contributed by atoms with Crippen LogP contribution >= 0.6 is 0 Å². The highest BCUT2D eigenvalue weighted by Gasteiger charge is 2.17. The minimum atomic E-state index is 0.898. The predicted molar refractivity (Wildman–Crippen MR) is 280 cm³/mol. The van der Waals surface area contributed by atoms with E-state index in [1.807, 2.05) is 12.1 Å². The van der Waals surface area contributed by atoms with Crippen LogP contribution in [0.3, 0.4) is 0 Å². The van der Waals surface area contributed by atoms with Gasteiger partial charge < -0.3 is 9.32 Å². The van der Waals surface area contributed by atoms with Crippen LogP contribution in [0.4, 0.5) is 17.1 Å². The molecule has 2 heteroatoms. The van der Waals surface area contributed by atoms with Gasteiger partial charge in [-0.3, -0.25) is 0 Å². The summed E-state index contributed by atoms with van der Waals surface area (Å²) in [7, 11) is 0. The molecule has 13 aromatic rings. The molecular weight excluding hydrogens is 799 g/mol. The second-order valence-corrected chi connectivity index (χ2v) is 17.2. The van der Waals surface area contributed by atoms with E-state index in [0.29, 0.717) is 0 Å². The number of fused-ring (bicyclic) bond motifs is 9. The number of hydrogen-bond acceptors (Lipinski definition) is 2. The zero-order valence-electron chi connectivity index (χ0n) is 36.0. The van der Waals surface area contributed by atoms with Crippen LogP contribution in [0.2, 0.25) is 0 Å². The fourth-order valence-corrected chi connectivity index (χ4v) is 10.2. The predicted octanol–water partition coefficient (Wildman–Crippen LogP) is 18.3. The Morgan fingerprint density at radius 1 is 0.242 bits per heavy atom. The second-order valence-electron chi connectivity index (χ2n) is 17.2. The summed E-state index contributed by atoms with van der Waals surface area (Å²) in [6.45, 7) is 0. The summed E-state index contributed by atoms with van der Waals surface area (Å²) in [5.74, 6) is 0. The highest BCUT2D eigenvalue weighted by atomic mass is 16.3. The van der Waals surface area contributed by atoms with E-state index in [-0.39, 0.29) is 0 Å². The van der Waals surface area contributed by atoms with Crippen LogP contribution in [0.25, 0.3) is 110 Å². The number of furan rings is 1. The molecule has 2 nitrogen and oxygen atoms in total. The van der Waals surface area contributed by atoms with Gasteiger partial charge in [-0.05, 0) is 142 Å². The molecule has 66 heavy (non-hydrogen) atoms. The quantitative estimate of drug-likeness (QED) is 0.149. The summed E-state index contributed by atoms with van der Waals surface area (Å²) in [5.41, 5.74) is 14.5. The summed E-state index contributed by atoms with van der Waals surface area (Å²) in [6.07, 6.45) is 0. The Labute approximate surface area is 382 Å². The van der Waals surface area contributed by atoms with E-state index in [1.165, 1.54) is 70.9 Å². The molecule has 0 aliphatic heterocycles. The van der Waals surface area contributed by atoms with Crippen molar-refractivity contribution in [1.82, 2.24) is 0 Å². The summed E-state index contributed by atoms with van der Waals surface area (Å²) in [6, 6.07) is 90.3. The molecule has 0 saturated carbocycles. The molecule has 0 amide bonds. The summed E-state index contributed by atoms with van der Waals surface area (Å²) >= 11 is 0. The Morgan fingerprint density at radius 2 is 0.727 bits per heavy atom. The van der Waals surface area contributed by atoms with E-state index in [0.717, 1.165) is 55.7 Å². The van der Waals surface area contributed by atoms with Crippen LogP contribution in [0.1, 0.15) is 0 Å². The zero-order chi connectivity index (χ0) is 43.6. The number of anilines is 3. The van der Waals surface area contributed by atoms with E-state index < -0.39 is 0 Å². The number of benzene rings is 12. The smallest absolute Gasteiger partial charge is 0.136 e. The Kier molecular flexibility index (Phi) is 8.89. The molecule has 1 heterocycles. The second kappa shape index (κ2) is 15.5. The van der Waals surface area contributed by atoms with Gasteiger partial charge in [0.1, 0.15) is 11.2 Å². The highest BCUT2D eigenvalue weighted by molar-refractivity contribution is 6.14. The maximum absolute atomic E-state index is 6.27. The van der Waals surface area contributed by atoms with Crippen LogP contribution in [0.15, 0.2) is 253 Å². The van der Waals surface area contributed by atoms with Gasteiger partial charge in [0, 0.05) is 27.8 Å². The van der Waals surface area contributed by atoms with Gasteiger partial charge in [-0.15, -0.1) is 0 Å². The molecule has 12 aromatic carbocycles. The first-order valence-electron chi connectivity index (χ1n) is 22.6. The molecule has 0 unspecified atom stereocenters. The minimum absolute atomic E-state index is 0.898. The lowest BCUT2D eigenvalue weighted by molar-refractivity contribution is 0.669. The number of nitrogens with zero attached hydrogens (tertiary/aromatic N) is 1. The van der Waals surface area contributed by atoms with Gasteiger partial charge in [-0.1, -0.05) is 194 Å². The van der Waals surface area contributed by atoms with Gasteiger partial charge in [0.25, 0.3) is 0 Å². The lowest BCUT2D eigenvalue weighted by Crippen LogP contribution is -2.10. The standard InChI is InChI=1S/C64H41NO/c1-3-14-54-45(11-1)34-39-59-55(17-8-19-58(54)59)46-30-35-51(36-31-46)65(52-37-32-47(33-38-52)57-18-9-21-63-64(57)60-16-5-6-20-62(60)66-63)53-13-7-12-49(40-53)42-22-24-43(25-23-42)50-29-28-48-27-26-44-10-2-4-15-56(44)61(48)41-50/h1-41H. The first-order valence-corrected chi connectivity index (χ1v) is 22.6. The van der Waals surface area contributed by atoms with Gasteiger partial charge in [0.2, 0.25) is 0 Å². The van der Waals surface area contributed by atoms with Gasteiger partial charge in [-0.2, -0.15) is 0 Å². The molecule has 0 aliphatic carbocycles. The van der Waals surface area contributed by atoms with Crippen molar-refractivity contribution in [3.8, 4) is 44.5 Å². The monoisotopic (exact) mass is 839 g/mol. The van der Waals surface area contributed by atoms with Crippen molar-refractivity contribution in [3.05, 3.63) is 249 Å². The SMILES string of the molecule is c1cc(-c2ccc(-c3ccc4ccc5ccccc5c4c3)cc2)cc(N(c2ccc(-c3cccc4c3ccc3ccccc34)cc2)c2ccc(-c3cccc4oc5ccccc5c34)cc2)c1. The molecule has 0 N–H and O–H groups in total. The van der Waals surface area contributed by atoms with Gasteiger partial charge >= 0.3 is 0 Å². The molecule has 0 bridgehead atoms. The Hall–Kier alpha value is -8.72. The normalized spacial score (nSPS) is 11.6. The highest BCUT2D eigenvalue weighted by Crippen LogP contribution is 2.42. The lowest BCUT2D eigenvalue weighted by atomic mass is 9.94. The Balaban J connectivity index is 0.887. The molecule has 1 aromatic heterocycles. The average Bonchev–Trinajstić information content (AvgIpc) is 3.78. The first kappa shape index (κ1) is 37.8. The van der Waals surface area contributed by atoms with E-state index in [9.17, 15) is 0 Å². The molecule has 0 saturated heterocycles. The first-order chi connectivity index (χ1) is 32.7. The fourth-order valence-electron chi connectivity index (χ4n) is 10.2. The van der Waals surface area contributed by atoms with Crippen LogP contribution in [-0.4, -0.2) is 0 Å². The third kappa shape index (κ3) is 6.42. The molecule has 0 radical (unpaired) electrons. The number of hydrogen-bond donors (Lipinski definition) is 0. The van der Waals surface area contributed by atoms with Crippen LogP contribution in [-0.2, 0) is 0 Å². The topological polar surface area (TPSA) is 16.4 Å². The molecule has 0 fully saturated rings. The molecule has 0 aliphatic rings. The molecule has 0 atom stereocenters. The Morgan fingerprint density at radius 3 is 1.45 bits per heavy atom. The maximum atomic E-state index is 6.27. The zero-order valence-corrected chi connectivity index (χ0v) is 36.0. The maximum Gasteiger partial charge on any atom is 0.136 e. The van der Waals surface area contributed by atoms with Gasteiger partial charge in [0.05, 0.1) is 0 Å². The molecular formula is C64H41NO.